The lowest BCUT2D eigenvalue weighted by Gasteiger charge is -2.27. The van der Waals surface area contributed by atoms with Gasteiger partial charge in [0.1, 0.15) is 0 Å². The first kappa shape index (κ1) is 23.2. The quantitative estimate of drug-likeness (QED) is 0.670. The number of rotatable bonds is 3. The molecule has 0 radical (unpaired) electrons. The summed E-state index contributed by atoms with van der Waals surface area (Å²) in [5.74, 6) is 0. The third-order valence-corrected chi connectivity index (χ3v) is 4.00. The van der Waals surface area contributed by atoms with Crippen molar-refractivity contribution in [3.05, 3.63) is 71.3 Å². The second-order valence-electron chi connectivity index (χ2n) is 6.28. The van der Waals surface area contributed by atoms with Gasteiger partial charge < -0.3 is 14.8 Å². The molecular weight excluding hydrogens is 400 g/mol. The number of ether oxygens (including phenoxy) is 2. The van der Waals surface area contributed by atoms with E-state index in [-0.39, 0.29) is 11.6 Å². The Balaban J connectivity index is 0.000000426. The minimum Gasteiger partial charge on any atom is -0.350 e. The monoisotopic (exact) mass is 421 g/mol. The van der Waals surface area contributed by atoms with Crippen molar-refractivity contribution in [2.45, 2.75) is 31.7 Å². The van der Waals surface area contributed by atoms with Crippen LogP contribution >= 0.6 is 0 Å². The van der Waals surface area contributed by atoms with Crippen molar-refractivity contribution in [2.24, 2.45) is 0 Å². The van der Waals surface area contributed by atoms with Crippen LogP contribution in [0.3, 0.4) is 0 Å². The van der Waals surface area contributed by atoms with Crippen molar-refractivity contribution < 1.29 is 35.8 Å². The Kier molecular flexibility index (Phi) is 8.06. The summed E-state index contributed by atoms with van der Waals surface area (Å²) in [6, 6.07) is 13.4. The predicted octanol–water partition coefficient (Wildman–Crippen LogP) is 5.43. The molecule has 0 amide bonds. The fourth-order valence-electron chi connectivity index (χ4n) is 2.53. The lowest BCUT2D eigenvalue weighted by atomic mass is 10.0. The van der Waals surface area contributed by atoms with Gasteiger partial charge in [-0.1, -0.05) is 36.4 Å². The maximum atomic E-state index is 12.8. The highest BCUT2D eigenvalue weighted by molar-refractivity contribution is 5.34. The van der Waals surface area contributed by atoms with Gasteiger partial charge in [0, 0.05) is 13.1 Å². The van der Waals surface area contributed by atoms with Crippen LogP contribution in [0.1, 0.15) is 29.7 Å². The topological polar surface area (TPSA) is 30.5 Å². The maximum absolute atomic E-state index is 12.8. The molecule has 1 heterocycles. The summed E-state index contributed by atoms with van der Waals surface area (Å²) in [6.07, 6.45) is -11.5. The molecule has 3 nitrogen and oxygen atoms in total. The minimum absolute atomic E-state index is 0.0921. The van der Waals surface area contributed by atoms with Crippen LogP contribution in [-0.4, -0.2) is 26.0 Å². The highest BCUT2D eigenvalue weighted by Gasteiger charge is 2.37. The third kappa shape index (κ3) is 7.68. The van der Waals surface area contributed by atoms with Crippen LogP contribution in [0, 0.1) is 0 Å². The average molecular weight is 421 g/mol. The SMILES string of the molecule is CC(OC1CNCCO1)c1cc(C(F)(F)F)cc(C(F)(F)F)c1.c1ccccc1. The minimum atomic E-state index is -4.88. The third-order valence-electron chi connectivity index (χ3n) is 4.00. The van der Waals surface area contributed by atoms with Crippen LogP contribution < -0.4 is 5.32 Å². The van der Waals surface area contributed by atoms with Gasteiger partial charge in [-0.3, -0.25) is 0 Å². The first-order valence-corrected chi connectivity index (χ1v) is 8.84. The largest absolute Gasteiger partial charge is 0.416 e. The van der Waals surface area contributed by atoms with Crippen molar-refractivity contribution >= 4 is 0 Å². The Morgan fingerprint density at radius 3 is 1.76 bits per heavy atom. The fourth-order valence-corrected chi connectivity index (χ4v) is 2.53. The molecule has 0 aliphatic carbocycles. The van der Waals surface area contributed by atoms with E-state index < -0.39 is 35.9 Å². The lowest BCUT2D eigenvalue weighted by molar-refractivity contribution is -0.177. The Morgan fingerprint density at radius 2 is 1.38 bits per heavy atom. The predicted molar refractivity (Wildman–Crippen MR) is 95.0 cm³/mol. The molecule has 2 unspecified atom stereocenters. The van der Waals surface area contributed by atoms with E-state index in [4.69, 9.17) is 9.47 Å². The zero-order valence-electron chi connectivity index (χ0n) is 15.6. The highest BCUT2D eigenvalue weighted by Crippen LogP contribution is 2.38. The number of halogens is 6. The first-order valence-electron chi connectivity index (χ1n) is 8.84. The molecule has 2 atom stereocenters. The lowest BCUT2D eigenvalue weighted by Crippen LogP contribution is -2.40. The van der Waals surface area contributed by atoms with Gasteiger partial charge in [0.2, 0.25) is 0 Å². The van der Waals surface area contributed by atoms with Crippen molar-refractivity contribution in [1.82, 2.24) is 5.32 Å². The van der Waals surface area contributed by atoms with Crippen LogP contribution in [0.2, 0.25) is 0 Å². The van der Waals surface area contributed by atoms with E-state index in [2.05, 4.69) is 5.32 Å². The Hall–Kier alpha value is -2.10. The highest BCUT2D eigenvalue weighted by atomic mass is 19.4. The number of morpholine rings is 1. The van der Waals surface area contributed by atoms with Crippen LogP contribution in [0.25, 0.3) is 0 Å². The molecule has 2 aromatic rings. The van der Waals surface area contributed by atoms with E-state index in [1.54, 1.807) is 0 Å². The molecule has 1 fully saturated rings. The van der Waals surface area contributed by atoms with Crippen LogP contribution in [-0.2, 0) is 21.8 Å². The van der Waals surface area contributed by atoms with E-state index in [0.717, 1.165) is 0 Å². The Bertz CT molecular complexity index is 684. The zero-order chi connectivity index (χ0) is 21.5. The van der Waals surface area contributed by atoms with Gasteiger partial charge in [0.15, 0.2) is 6.29 Å². The molecule has 1 saturated heterocycles. The number of hydrogen-bond donors (Lipinski definition) is 1. The van der Waals surface area contributed by atoms with Gasteiger partial charge in [-0.2, -0.15) is 26.3 Å². The van der Waals surface area contributed by atoms with Crippen molar-refractivity contribution in [3.63, 3.8) is 0 Å². The molecule has 2 aromatic carbocycles. The van der Waals surface area contributed by atoms with E-state index >= 15 is 0 Å². The van der Waals surface area contributed by atoms with E-state index in [1.807, 2.05) is 36.4 Å². The second kappa shape index (κ2) is 10.1. The van der Waals surface area contributed by atoms with Gasteiger partial charge in [0.05, 0.1) is 23.8 Å². The van der Waals surface area contributed by atoms with Gasteiger partial charge >= 0.3 is 12.4 Å². The van der Waals surface area contributed by atoms with E-state index in [1.165, 1.54) is 6.92 Å². The molecule has 0 aromatic heterocycles. The smallest absolute Gasteiger partial charge is 0.350 e. The fraction of sp³-hybridized carbons (Fsp3) is 0.400. The average Bonchev–Trinajstić information content (AvgIpc) is 2.69. The molecule has 29 heavy (non-hydrogen) atoms. The molecule has 1 N–H and O–H groups in total. The van der Waals surface area contributed by atoms with Crippen molar-refractivity contribution in [3.8, 4) is 0 Å². The summed E-state index contributed by atoms with van der Waals surface area (Å²) in [6.45, 7) is 2.66. The Labute approximate surface area is 164 Å². The second-order valence-corrected chi connectivity index (χ2v) is 6.28. The van der Waals surface area contributed by atoms with Gasteiger partial charge in [0.25, 0.3) is 0 Å². The number of hydrogen-bond acceptors (Lipinski definition) is 3. The van der Waals surface area contributed by atoms with Crippen LogP contribution in [0.5, 0.6) is 0 Å². The number of nitrogens with one attached hydrogen (secondary N) is 1. The molecule has 1 aliphatic rings. The molecular formula is C20H21F6NO2. The zero-order valence-corrected chi connectivity index (χ0v) is 15.6. The number of alkyl halides is 6. The molecule has 1 aliphatic heterocycles. The summed E-state index contributed by atoms with van der Waals surface area (Å²) in [5, 5.41) is 2.95. The number of benzene rings is 2. The normalized spacial score (nSPS) is 18.5. The van der Waals surface area contributed by atoms with Gasteiger partial charge in [-0.25, -0.2) is 0 Å². The summed E-state index contributed by atoms with van der Waals surface area (Å²) in [4.78, 5) is 0. The van der Waals surface area contributed by atoms with Crippen LogP contribution in [0.4, 0.5) is 26.3 Å². The summed E-state index contributed by atoms with van der Waals surface area (Å²) in [5.41, 5.74) is -2.93. The molecule has 0 spiro atoms. The molecule has 0 saturated carbocycles. The van der Waals surface area contributed by atoms with Crippen LogP contribution in [0.15, 0.2) is 54.6 Å². The standard InChI is InChI=1S/C14H15F6NO2.C6H6/c1-8(23-12-7-21-2-3-22-12)9-4-10(13(15,16)17)6-11(5-9)14(18,19)20;1-2-4-6-5-3-1/h4-6,8,12,21H,2-3,7H2,1H3;1-6H. The maximum Gasteiger partial charge on any atom is 0.416 e. The first-order chi connectivity index (χ1) is 13.6. The van der Waals surface area contributed by atoms with Gasteiger partial charge in [-0.15, -0.1) is 0 Å². The Morgan fingerprint density at radius 1 is 0.897 bits per heavy atom. The van der Waals surface area contributed by atoms with Gasteiger partial charge in [-0.05, 0) is 30.7 Å². The van der Waals surface area contributed by atoms with E-state index in [0.29, 0.717) is 31.8 Å². The van der Waals surface area contributed by atoms with Crippen molar-refractivity contribution in [1.29, 1.82) is 0 Å². The molecule has 160 valence electrons. The summed E-state index contributed by atoms with van der Waals surface area (Å²) < 4.78 is 87.5. The summed E-state index contributed by atoms with van der Waals surface area (Å²) in [7, 11) is 0. The van der Waals surface area contributed by atoms with Crippen molar-refractivity contribution in [2.75, 3.05) is 19.7 Å². The molecule has 9 heteroatoms. The molecule has 3 rings (SSSR count). The molecule has 0 bridgehead atoms. The summed E-state index contributed by atoms with van der Waals surface area (Å²) >= 11 is 0. The van der Waals surface area contributed by atoms with E-state index in [9.17, 15) is 26.3 Å².